The fraction of sp³-hybridized carbons (Fsp3) is 0.500. The standard InChI is InChI=1S/C16H20N6O2/c1-24-15-8-14(17-11-18-15)21-9-12-4-5-19-22(12)13(10-21)16(23)20-6-2-3-7-20/h4-5,8,11,13H,2-3,6-7,9-10H2,1H3. The molecule has 0 saturated carbocycles. The maximum absolute atomic E-state index is 12.9. The molecule has 2 aromatic heterocycles. The van der Waals surface area contributed by atoms with Crippen LogP contribution in [0.1, 0.15) is 24.6 Å². The lowest BCUT2D eigenvalue weighted by molar-refractivity contribution is -0.134. The highest BCUT2D eigenvalue weighted by atomic mass is 16.5. The fourth-order valence-corrected chi connectivity index (χ4v) is 3.41. The summed E-state index contributed by atoms with van der Waals surface area (Å²) in [5.41, 5.74) is 1.01. The predicted octanol–water partition coefficient (Wildman–Crippen LogP) is 0.865. The molecule has 24 heavy (non-hydrogen) atoms. The van der Waals surface area contributed by atoms with Crippen molar-refractivity contribution < 1.29 is 9.53 Å². The molecule has 0 radical (unpaired) electrons. The van der Waals surface area contributed by atoms with Crippen LogP contribution in [-0.2, 0) is 11.3 Å². The molecule has 1 amide bonds. The van der Waals surface area contributed by atoms with Gasteiger partial charge in [-0.05, 0) is 18.9 Å². The summed E-state index contributed by atoms with van der Waals surface area (Å²) in [6, 6.07) is 3.43. The lowest BCUT2D eigenvalue weighted by Crippen LogP contribution is -2.46. The van der Waals surface area contributed by atoms with Crippen molar-refractivity contribution in [2.45, 2.75) is 25.4 Å². The molecule has 8 nitrogen and oxygen atoms in total. The highest BCUT2D eigenvalue weighted by Crippen LogP contribution is 2.27. The summed E-state index contributed by atoms with van der Waals surface area (Å²) in [5.74, 6) is 1.41. The third kappa shape index (κ3) is 2.57. The van der Waals surface area contributed by atoms with Crippen LogP contribution < -0.4 is 9.64 Å². The molecule has 8 heteroatoms. The number of carbonyl (C=O) groups excluding carboxylic acids is 1. The van der Waals surface area contributed by atoms with Gasteiger partial charge in [0, 0.05) is 25.4 Å². The first-order valence-corrected chi connectivity index (χ1v) is 8.18. The molecule has 0 aliphatic carbocycles. The van der Waals surface area contributed by atoms with E-state index >= 15 is 0 Å². The average Bonchev–Trinajstić information content (AvgIpc) is 3.31. The molecule has 2 aliphatic rings. The minimum absolute atomic E-state index is 0.142. The Morgan fingerprint density at radius 3 is 2.92 bits per heavy atom. The molecule has 4 rings (SSSR count). The maximum atomic E-state index is 12.9. The highest BCUT2D eigenvalue weighted by molar-refractivity contribution is 5.81. The molecule has 1 unspecified atom stereocenters. The van der Waals surface area contributed by atoms with E-state index in [1.807, 2.05) is 15.6 Å². The van der Waals surface area contributed by atoms with E-state index in [-0.39, 0.29) is 11.9 Å². The van der Waals surface area contributed by atoms with Crippen molar-refractivity contribution in [3.8, 4) is 5.88 Å². The maximum Gasteiger partial charge on any atom is 0.249 e. The zero-order valence-electron chi connectivity index (χ0n) is 13.6. The molecule has 2 aromatic rings. The first-order chi connectivity index (χ1) is 11.8. The molecule has 1 saturated heterocycles. The smallest absolute Gasteiger partial charge is 0.249 e. The summed E-state index contributed by atoms with van der Waals surface area (Å²) in [6.07, 6.45) is 5.40. The van der Waals surface area contributed by atoms with Gasteiger partial charge in [0.05, 0.1) is 25.9 Å². The number of ether oxygens (including phenoxy) is 1. The van der Waals surface area contributed by atoms with Crippen LogP contribution in [0.15, 0.2) is 24.7 Å². The van der Waals surface area contributed by atoms with Crippen molar-refractivity contribution >= 4 is 11.7 Å². The average molecular weight is 328 g/mol. The molecule has 126 valence electrons. The van der Waals surface area contributed by atoms with Crippen molar-refractivity contribution in [3.63, 3.8) is 0 Å². The van der Waals surface area contributed by atoms with E-state index in [4.69, 9.17) is 4.74 Å². The van der Waals surface area contributed by atoms with Crippen molar-refractivity contribution in [3.05, 3.63) is 30.4 Å². The molecular weight excluding hydrogens is 308 g/mol. The van der Waals surface area contributed by atoms with Crippen LogP contribution in [0.2, 0.25) is 0 Å². The van der Waals surface area contributed by atoms with E-state index in [0.717, 1.165) is 37.4 Å². The van der Waals surface area contributed by atoms with Crippen molar-refractivity contribution in [2.75, 3.05) is 31.6 Å². The molecule has 0 bridgehead atoms. The Morgan fingerprint density at radius 1 is 1.29 bits per heavy atom. The molecule has 0 spiro atoms. The van der Waals surface area contributed by atoms with Crippen LogP contribution in [0.25, 0.3) is 0 Å². The summed E-state index contributed by atoms with van der Waals surface area (Å²) in [7, 11) is 1.58. The van der Waals surface area contributed by atoms with Gasteiger partial charge in [-0.25, -0.2) is 9.97 Å². The lowest BCUT2D eigenvalue weighted by Gasteiger charge is -2.35. The second kappa shape index (κ2) is 6.10. The van der Waals surface area contributed by atoms with Crippen molar-refractivity contribution in [1.29, 1.82) is 0 Å². The quantitative estimate of drug-likeness (QED) is 0.832. The number of amides is 1. The Balaban J connectivity index is 1.64. The number of methoxy groups -OCH3 is 1. The van der Waals surface area contributed by atoms with Gasteiger partial charge in [0.2, 0.25) is 11.8 Å². The Kier molecular flexibility index (Phi) is 3.79. The van der Waals surface area contributed by atoms with Gasteiger partial charge in [0.25, 0.3) is 0 Å². The van der Waals surface area contributed by atoms with E-state index in [1.54, 1.807) is 19.4 Å². The number of fused-ring (bicyclic) bond motifs is 1. The summed E-state index contributed by atoms with van der Waals surface area (Å²) in [6.45, 7) is 2.88. The molecule has 1 fully saturated rings. The lowest BCUT2D eigenvalue weighted by atomic mass is 10.1. The Hall–Kier alpha value is -2.64. The fourth-order valence-electron chi connectivity index (χ4n) is 3.41. The summed E-state index contributed by atoms with van der Waals surface area (Å²) in [4.78, 5) is 25.4. The number of likely N-dealkylation sites (tertiary alicyclic amines) is 1. The zero-order chi connectivity index (χ0) is 16.5. The number of hydrogen-bond donors (Lipinski definition) is 0. The Labute approximate surface area is 140 Å². The minimum atomic E-state index is -0.317. The van der Waals surface area contributed by atoms with Crippen LogP contribution in [0.5, 0.6) is 5.88 Å². The van der Waals surface area contributed by atoms with Crippen molar-refractivity contribution in [1.82, 2.24) is 24.6 Å². The van der Waals surface area contributed by atoms with Gasteiger partial charge in [-0.1, -0.05) is 0 Å². The van der Waals surface area contributed by atoms with Gasteiger partial charge in [-0.2, -0.15) is 5.10 Å². The third-order valence-corrected chi connectivity index (χ3v) is 4.66. The van der Waals surface area contributed by atoms with Gasteiger partial charge in [0.1, 0.15) is 18.2 Å². The van der Waals surface area contributed by atoms with Crippen molar-refractivity contribution in [2.24, 2.45) is 0 Å². The molecule has 2 aliphatic heterocycles. The van der Waals surface area contributed by atoms with Crippen LogP contribution in [-0.4, -0.2) is 57.3 Å². The van der Waals surface area contributed by atoms with Gasteiger partial charge in [-0.15, -0.1) is 0 Å². The summed E-state index contributed by atoms with van der Waals surface area (Å²) >= 11 is 0. The monoisotopic (exact) mass is 328 g/mol. The van der Waals surface area contributed by atoms with E-state index < -0.39 is 0 Å². The molecule has 4 heterocycles. The SMILES string of the molecule is COc1cc(N2Cc3ccnn3C(C(=O)N3CCCC3)C2)ncn1. The summed E-state index contributed by atoms with van der Waals surface area (Å²) in [5, 5.41) is 4.38. The van der Waals surface area contributed by atoms with E-state index in [0.29, 0.717) is 19.0 Å². The molecular formula is C16H20N6O2. The molecule has 0 aromatic carbocycles. The number of rotatable bonds is 3. The predicted molar refractivity (Wildman–Crippen MR) is 86.7 cm³/mol. The first kappa shape index (κ1) is 14.9. The largest absolute Gasteiger partial charge is 0.481 e. The zero-order valence-corrected chi connectivity index (χ0v) is 13.6. The number of hydrogen-bond acceptors (Lipinski definition) is 6. The second-order valence-corrected chi connectivity index (χ2v) is 6.11. The number of anilines is 1. The van der Waals surface area contributed by atoms with Crippen LogP contribution in [0.3, 0.4) is 0 Å². The van der Waals surface area contributed by atoms with Gasteiger partial charge < -0.3 is 14.5 Å². The van der Waals surface area contributed by atoms with Gasteiger partial charge >= 0.3 is 0 Å². The van der Waals surface area contributed by atoms with E-state index in [9.17, 15) is 4.79 Å². The normalized spacial score (nSPS) is 20.1. The Morgan fingerprint density at radius 2 is 2.12 bits per heavy atom. The Bertz CT molecular complexity index is 740. The van der Waals surface area contributed by atoms with Crippen LogP contribution in [0, 0.1) is 0 Å². The molecule has 0 N–H and O–H groups in total. The number of carbonyl (C=O) groups is 1. The van der Waals surface area contributed by atoms with Crippen LogP contribution in [0.4, 0.5) is 5.82 Å². The third-order valence-electron chi connectivity index (χ3n) is 4.66. The van der Waals surface area contributed by atoms with Gasteiger partial charge in [-0.3, -0.25) is 9.48 Å². The van der Waals surface area contributed by atoms with E-state index in [2.05, 4.69) is 20.0 Å². The van der Waals surface area contributed by atoms with Crippen LogP contribution >= 0.6 is 0 Å². The second-order valence-electron chi connectivity index (χ2n) is 6.11. The molecule has 1 atom stereocenters. The number of aromatic nitrogens is 4. The topological polar surface area (TPSA) is 76.4 Å². The summed E-state index contributed by atoms with van der Waals surface area (Å²) < 4.78 is 7.04. The number of nitrogens with zero attached hydrogens (tertiary/aromatic N) is 6. The minimum Gasteiger partial charge on any atom is -0.481 e. The first-order valence-electron chi connectivity index (χ1n) is 8.18. The van der Waals surface area contributed by atoms with E-state index in [1.165, 1.54) is 6.33 Å². The highest BCUT2D eigenvalue weighted by Gasteiger charge is 2.35. The van der Waals surface area contributed by atoms with Gasteiger partial charge in [0.15, 0.2) is 0 Å².